The molecule has 0 aliphatic carbocycles. The predicted molar refractivity (Wildman–Crippen MR) is 89.0 cm³/mol. The lowest BCUT2D eigenvalue weighted by atomic mass is 10.2. The van der Waals surface area contributed by atoms with Gasteiger partial charge in [0.05, 0.1) is 18.2 Å². The molecular weight excluding hydrogens is 353 g/mol. The van der Waals surface area contributed by atoms with Crippen molar-refractivity contribution in [3.05, 3.63) is 52.3 Å². The van der Waals surface area contributed by atoms with Crippen molar-refractivity contribution in [1.29, 1.82) is 0 Å². The fourth-order valence-electron chi connectivity index (χ4n) is 2.00. The molecule has 0 radical (unpaired) electrons. The highest BCUT2D eigenvalue weighted by atomic mass is 35.5. The number of aryl methyl sites for hydroxylation is 1. The molecule has 24 heavy (non-hydrogen) atoms. The Morgan fingerprint density at radius 1 is 1.25 bits per heavy atom. The zero-order chi connectivity index (χ0) is 16.9. The number of aromatic nitrogens is 5. The molecule has 0 aliphatic rings. The number of aromatic amines is 1. The Labute approximate surface area is 147 Å². The number of benzene rings is 1. The van der Waals surface area contributed by atoms with Gasteiger partial charge in [-0.15, -0.1) is 10.2 Å². The van der Waals surface area contributed by atoms with E-state index in [1.54, 1.807) is 0 Å². The molecule has 0 unspecified atom stereocenters. The Hall–Kier alpha value is -2.38. The van der Waals surface area contributed by atoms with Crippen LogP contribution in [0.25, 0.3) is 11.4 Å². The molecule has 7 nitrogen and oxygen atoms in total. The molecule has 9 heteroatoms. The number of nitrogens with one attached hydrogen (secondary N) is 1. The molecule has 0 amide bonds. The smallest absolute Gasteiger partial charge is 0.354 e. The van der Waals surface area contributed by atoms with Gasteiger partial charge < -0.3 is 9.72 Å². The van der Waals surface area contributed by atoms with Crippen molar-refractivity contribution < 1.29 is 9.53 Å². The van der Waals surface area contributed by atoms with E-state index in [2.05, 4.69) is 20.4 Å². The van der Waals surface area contributed by atoms with Gasteiger partial charge in [-0.3, -0.25) is 0 Å². The lowest BCUT2D eigenvalue weighted by molar-refractivity contribution is 0.0487. The Morgan fingerprint density at radius 3 is 2.75 bits per heavy atom. The highest BCUT2D eigenvalue weighted by Crippen LogP contribution is 2.22. The van der Waals surface area contributed by atoms with E-state index in [0.29, 0.717) is 18.8 Å². The number of hydrogen-bond donors (Lipinski definition) is 1. The van der Waals surface area contributed by atoms with Crippen LogP contribution in [0, 0.1) is 0 Å². The first-order valence-electron chi connectivity index (χ1n) is 7.18. The van der Waals surface area contributed by atoms with Crippen molar-refractivity contribution in [1.82, 2.24) is 25.2 Å². The van der Waals surface area contributed by atoms with Gasteiger partial charge in [0.25, 0.3) is 0 Å². The standard InChI is InChI=1S/C15H13Cl2N5O2/c16-11-9-12(18-13(11)17)15(23)24-8-4-7-22-20-14(19-21-22)10-5-2-1-3-6-10/h1-3,5-6,9,18H,4,7-8H2. The second kappa shape index (κ2) is 7.46. The van der Waals surface area contributed by atoms with E-state index in [4.69, 9.17) is 27.9 Å². The van der Waals surface area contributed by atoms with Gasteiger partial charge in [0.1, 0.15) is 10.8 Å². The first kappa shape index (κ1) is 16.5. The molecule has 3 rings (SSSR count). The summed E-state index contributed by atoms with van der Waals surface area (Å²) in [6.45, 7) is 0.703. The van der Waals surface area contributed by atoms with Crippen molar-refractivity contribution in [2.75, 3.05) is 6.61 Å². The van der Waals surface area contributed by atoms with Crippen molar-refractivity contribution >= 4 is 29.2 Å². The zero-order valence-electron chi connectivity index (χ0n) is 12.4. The Kier molecular flexibility index (Phi) is 5.12. The summed E-state index contributed by atoms with van der Waals surface area (Å²) in [6, 6.07) is 11.0. The molecule has 124 valence electrons. The van der Waals surface area contributed by atoms with Gasteiger partial charge in [0, 0.05) is 12.0 Å². The monoisotopic (exact) mass is 365 g/mol. The quantitative estimate of drug-likeness (QED) is 0.535. The third-order valence-corrected chi connectivity index (χ3v) is 3.86. The van der Waals surface area contributed by atoms with Crippen molar-refractivity contribution in [3.8, 4) is 11.4 Å². The van der Waals surface area contributed by atoms with Crippen LogP contribution in [-0.2, 0) is 11.3 Å². The minimum atomic E-state index is -0.514. The molecular formula is C15H13Cl2N5O2. The van der Waals surface area contributed by atoms with Crippen molar-refractivity contribution in [3.63, 3.8) is 0 Å². The van der Waals surface area contributed by atoms with Crippen LogP contribution in [0.4, 0.5) is 0 Å². The number of ether oxygens (including phenoxy) is 1. The van der Waals surface area contributed by atoms with Crippen LogP contribution < -0.4 is 0 Å². The average Bonchev–Trinajstić information content (AvgIpc) is 3.20. The van der Waals surface area contributed by atoms with Crippen LogP contribution in [-0.4, -0.2) is 37.8 Å². The summed E-state index contributed by atoms with van der Waals surface area (Å²) in [4.78, 5) is 15.9. The lowest BCUT2D eigenvalue weighted by Gasteiger charge is -2.02. The maximum absolute atomic E-state index is 11.8. The van der Waals surface area contributed by atoms with Gasteiger partial charge >= 0.3 is 5.97 Å². The molecule has 0 saturated heterocycles. The normalized spacial score (nSPS) is 10.8. The summed E-state index contributed by atoms with van der Waals surface area (Å²) in [7, 11) is 0. The number of hydrogen-bond acceptors (Lipinski definition) is 5. The zero-order valence-corrected chi connectivity index (χ0v) is 14.0. The van der Waals surface area contributed by atoms with Gasteiger partial charge in [-0.05, 0) is 11.3 Å². The summed E-state index contributed by atoms with van der Waals surface area (Å²) in [6.07, 6.45) is 0.554. The van der Waals surface area contributed by atoms with E-state index in [-0.39, 0.29) is 22.5 Å². The molecule has 2 heterocycles. The summed E-state index contributed by atoms with van der Waals surface area (Å²) in [5, 5.41) is 12.8. The molecule has 0 fully saturated rings. The van der Waals surface area contributed by atoms with Gasteiger partial charge in [-0.25, -0.2) is 4.79 Å². The Balaban J connectivity index is 1.47. The van der Waals surface area contributed by atoms with Gasteiger partial charge in [-0.1, -0.05) is 53.5 Å². The van der Waals surface area contributed by atoms with Gasteiger partial charge in [-0.2, -0.15) is 4.80 Å². The summed E-state index contributed by atoms with van der Waals surface area (Å²) in [5.74, 6) is 0.0450. The Bertz CT molecular complexity index is 812. The fraction of sp³-hybridized carbons (Fsp3) is 0.200. The van der Waals surface area contributed by atoms with Crippen LogP contribution in [0.2, 0.25) is 10.2 Å². The number of halogens is 2. The van der Waals surface area contributed by atoms with E-state index in [9.17, 15) is 4.79 Å². The molecule has 1 aromatic carbocycles. The second-order valence-corrected chi connectivity index (χ2v) is 5.69. The summed E-state index contributed by atoms with van der Waals surface area (Å²) < 4.78 is 5.13. The van der Waals surface area contributed by atoms with Crippen LogP contribution in [0.15, 0.2) is 36.4 Å². The first-order valence-corrected chi connectivity index (χ1v) is 7.93. The highest BCUT2D eigenvalue weighted by molar-refractivity contribution is 6.41. The molecule has 3 aromatic rings. The van der Waals surface area contributed by atoms with Crippen LogP contribution in [0.3, 0.4) is 0 Å². The van der Waals surface area contributed by atoms with Crippen molar-refractivity contribution in [2.45, 2.75) is 13.0 Å². The fourth-order valence-corrected chi connectivity index (χ4v) is 2.32. The maximum atomic E-state index is 11.8. The number of carbonyl (C=O) groups excluding carboxylic acids is 1. The number of esters is 1. The minimum Gasteiger partial charge on any atom is -0.461 e. The largest absolute Gasteiger partial charge is 0.461 e. The molecule has 0 aliphatic heterocycles. The molecule has 2 aromatic heterocycles. The number of H-pyrrole nitrogens is 1. The van der Waals surface area contributed by atoms with Crippen molar-refractivity contribution in [2.24, 2.45) is 0 Å². The van der Waals surface area contributed by atoms with Gasteiger partial charge in [0.15, 0.2) is 0 Å². The highest BCUT2D eigenvalue weighted by Gasteiger charge is 2.13. The predicted octanol–water partition coefficient (Wildman–Crippen LogP) is 3.22. The second-order valence-electron chi connectivity index (χ2n) is 4.91. The number of nitrogens with zero attached hydrogens (tertiary/aromatic N) is 4. The molecule has 0 saturated carbocycles. The van der Waals surface area contributed by atoms with E-state index in [0.717, 1.165) is 5.56 Å². The molecule has 1 N–H and O–H groups in total. The molecule has 0 spiro atoms. The maximum Gasteiger partial charge on any atom is 0.354 e. The van der Waals surface area contributed by atoms with Crippen LogP contribution in [0.5, 0.6) is 0 Å². The third kappa shape index (κ3) is 3.93. The summed E-state index contributed by atoms with van der Waals surface area (Å²) >= 11 is 11.5. The van der Waals surface area contributed by atoms with E-state index in [1.165, 1.54) is 10.9 Å². The summed E-state index contributed by atoms with van der Waals surface area (Å²) in [5.41, 5.74) is 1.12. The van der Waals surface area contributed by atoms with E-state index < -0.39 is 5.97 Å². The van der Waals surface area contributed by atoms with E-state index in [1.807, 2.05) is 30.3 Å². The van der Waals surface area contributed by atoms with E-state index >= 15 is 0 Å². The number of tetrazole rings is 1. The third-order valence-electron chi connectivity index (χ3n) is 3.17. The number of rotatable bonds is 6. The topological polar surface area (TPSA) is 85.7 Å². The first-order chi connectivity index (χ1) is 11.6. The number of carbonyl (C=O) groups is 1. The average molecular weight is 366 g/mol. The Morgan fingerprint density at radius 2 is 2.04 bits per heavy atom. The van der Waals surface area contributed by atoms with Gasteiger partial charge in [0.2, 0.25) is 5.82 Å². The molecule has 0 bridgehead atoms. The molecule has 0 atom stereocenters. The van der Waals surface area contributed by atoms with Crippen LogP contribution in [0.1, 0.15) is 16.9 Å². The van der Waals surface area contributed by atoms with Crippen LogP contribution >= 0.6 is 23.2 Å². The lowest BCUT2D eigenvalue weighted by Crippen LogP contribution is -2.10. The minimum absolute atomic E-state index is 0.212. The SMILES string of the molecule is O=C(OCCCn1nnc(-c2ccccc2)n1)c1cc(Cl)c(Cl)[nH]1.